The van der Waals surface area contributed by atoms with Crippen molar-refractivity contribution in [3.05, 3.63) is 46.1 Å². The third-order valence-electron chi connectivity index (χ3n) is 3.35. The number of ether oxygens (including phenoxy) is 1. The molecule has 0 amide bonds. The van der Waals surface area contributed by atoms with Gasteiger partial charge >= 0.3 is 0 Å². The molecular weight excluding hydrogens is 297 g/mol. The molecule has 1 aliphatic rings. The lowest BCUT2D eigenvalue weighted by Gasteiger charge is -2.25. The zero-order chi connectivity index (χ0) is 13.9. The van der Waals surface area contributed by atoms with Crippen molar-refractivity contribution in [1.82, 2.24) is 4.90 Å². The van der Waals surface area contributed by atoms with Gasteiger partial charge in [-0.2, -0.15) is 0 Å². The lowest BCUT2D eigenvalue weighted by Crippen LogP contribution is -2.35. The molecule has 0 radical (unpaired) electrons. The predicted octanol–water partition coefficient (Wildman–Crippen LogP) is 4.09. The van der Waals surface area contributed by atoms with Crippen molar-refractivity contribution in [3.63, 3.8) is 0 Å². The second-order valence-corrected chi connectivity index (χ2v) is 5.60. The minimum Gasteiger partial charge on any atom is -0.460 e. The van der Waals surface area contributed by atoms with Crippen LogP contribution in [0.2, 0.25) is 10.0 Å². The van der Waals surface area contributed by atoms with E-state index in [2.05, 4.69) is 4.90 Å². The molecule has 0 aliphatic carbocycles. The highest BCUT2D eigenvalue weighted by Gasteiger charge is 2.13. The highest BCUT2D eigenvalue weighted by molar-refractivity contribution is 6.42. The number of morpholine rings is 1. The summed E-state index contributed by atoms with van der Waals surface area (Å²) in [6.45, 7) is 4.29. The molecule has 1 aromatic heterocycles. The van der Waals surface area contributed by atoms with Gasteiger partial charge in [0.2, 0.25) is 0 Å². The second kappa shape index (κ2) is 6.19. The van der Waals surface area contributed by atoms with Gasteiger partial charge in [-0.15, -0.1) is 0 Å². The Morgan fingerprint density at radius 2 is 1.80 bits per heavy atom. The van der Waals surface area contributed by atoms with Gasteiger partial charge in [-0.3, -0.25) is 4.90 Å². The van der Waals surface area contributed by atoms with E-state index >= 15 is 0 Å². The summed E-state index contributed by atoms with van der Waals surface area (Å²) in [6.07, 6.45) is 0. The number of hydrogen-bond donors (Lipinski definition) is 0. The van der Waals surface area contributed by atoms with Crippen LogP contribution in [0.25, 0.3) is 11.3 Å². The summed E-state index contributed by atoms with van der Waals surface area (Å²) in [7, 11) is 0. The van der Waals surface area contributed by atoms with Crippen LogP contribution >= 0.6 is 23.2 Å². The maximum atomic E-state index is 6.03. The number of halogens is 2. The predicted molar refractivity (Wildman–Crippen MR) is 80.3 cm³/mol. The molecular formula is C15H15Cl2NO2. The van der Waals surface area contributed by atoms with Crippen LogP contribution in [0.3, 0.4) is 0 Å². The summed E-state index contributed by atoms with van der Waals surface area (Å²) in [5, 5.41) is 1.09. The number of furan rings is 1. The molecule has 2 heterocycles. The topological polar surface area (TPSA) is 25.6 Å². The molecule has 106 valence electrons. The molecule has 0 atom stereocenters. The van der Waals surface area contributed by atoms with Gasteiger partial charge in [0.1, 0.15) is 11.5 Å². The number of hydrogen-bond acceptors (Lipinski definition) is 3. The van der Waals surface area contributed by atoms with Crippen molar-refractivity contribution in [3.8, 4) is 11.3 Å². The molecule has 3 rings (SSSR count). The molecule has 2 aromatic rings. The third-order valence-corrected chi connectivity index (χ3v) is 4.09. The highest BCUT2D eigenvalue weighted by atomic mass is 35.5. The molecule has 20 heavy (non-hydrogen) atoms. The molecule has 3 nitrogen and oxygen atoms in total. The van der Waals surface area contributed by atoms with Crippen LogP contribution in [-0.4, -0.2) is 31.2 Å². The molecule has 1 aliphatic heterocycles. The molecule has 0 N–H and O–H groups in total. The van der Waals surface area contributed by atoms with Crippen LogP contribution in [0.1, 0.15) is 5.76 Å². The van der Waals surface area contributed by atoms with E-state index in [4.69, 9.17) is 32.4 Å². The van der Waals surface area contributed by atoms with Gasteiger partial charge < -0.3 is 9.15 Å². The average Bonchev–Trinajstić information content (AvgIpc) is 2.91. The van der Waals surface area contributed by atoms with Crippen molar-refractivity contribution in [2.75, 3.05) is 26.3 Å². The minimum absolute atomic E-state index is 0.537. The monoisotopic (exact) mass is 311 g/mol. The molecule has 1 saturated heterocycles. The summed E-state index contributed by atoms with van der Waals surface area (Å²) in [5.41, 5.74) is 0.938. The van der Waals surface area contributed by atoms with Crippen LogP contribution in [0.5, 0.6) is 0 Å². The standard InChI is InChI=1S/C15H15Cl2NO2/c16-13-3-1-11(9-14(13)17)15-4-2-12(20-15)10-18-5-7-19-8-6-18/h1-4,9H,5-8,10H2. The van der Waals surface area contributed by atoms with Crippen LogP contribution in [0.15, 0.2) is 34.7 Å². The molecule has 0 unspecified atom stereocenters. The van der Waals surface area contributed by atoms with E-state index in [9.17, 15) is 0 Å². The first-order chi connectivity index (χ1) is 9.72. The Balaban J connectivity index is 1.73. The smallest absolute Gasteiger partial charge is 0.134 e. The van der Waals surface area contributed by atoms with Gasteiger partial charge in [0, 0.05) is 18.7 Å². The van der Waals surface area contributed by atoms with Gasteiger partial charge in [0.25, 0.3) is 0 Å². The first kappa shape index (κ1) is 14.0. The zero-order valence-corrected chi connectivity index (χ0v) is 12.5. The summed E-state index contributed by atoms with van der Waals surface area (Å²) in [4.78, 5) is 2.32. The first-order valence-electron chi connectivity index (χ1n) is 6.56. The quantitative estimate of drug-likeness (QED) is 0.854. The van der Waals surface area contributed by atoms with Crippen LogP contribution in [-0.2, 0) is 11.3 Å². The fourth-order valence-corrected chi connectivity index (χ4v) is 2.55. The van der Waals surface area contributed by atoms with Gasteiger partial charge in [-0.25, -0.2) is 0 Å². The van der Waals surface area contributed by atoms with Crippen molar-refractivity contribution in [2.45, 2.75) is 6.54 Å². The molecule has 0 bridgehead atoms. The SMILES string of the molecule is Clc1ccc(-c2ccc(CN3CCOCC3)o2)cc1Cl. The Labute approximate surface area is 128 Å². The maximum absolute atomic E-state index is 6.03. The van der Waals surface area contributed by atoms with E-state index < -0.39 is 0 Å². The average molecular weight is 312 g/mol. The Bertz CT molecular complexity index is 591. The summed E-state index contributed by atoms with van der Waals surface area (Å²) in [5.74, 6) is 1.76. The van der Waals surface area contributed by atoms with Crippen molar-refractivity contribution in [2.24, 2.45) is 0 Å². The summed E-state index contributed by atoms with van der Waals surface area (Å²) < 4.78 is 11.2. The molecule has 0 saturated carbocycles. The lowest BCUT2D eigenvalue weighted by atomic mass is 10.2. The van der Waals surface area contributed by atoms with Crippen molar-refractivity contribution in [1.29, 1.82) is 0 Å². The van der Waals surface area contributed by atoms with Gasteiger partial charge in [0.05, 0.1) is 29.8 Å². The number of nitrogens with zero attached hydrogens (tertiary/aromatic N) is 1. The van der Waals surface area contributed by atoms with E-state index in [0.29, 0.717) is 10.0 Å². The van der Waals surface area contributed by atoms with Crippen molar-refractivity contribution < 1.29 is 9.15 Å². The van der Waals surface area contributed by atoms with E-state index in [1.54, 1.807) is 6.07 Å². The van der Waals surface area contributed by atoms with Gasteiger partial charge in [-0.05, 0) is 30.3 Å². The van der Waals surface area contributed by atoms with Crippen molar-refractivity contribution >= 4 is 23.2 Å². The minimum atomic E-state index is 0.537. The molecule has 5 heteroatoms. The summed E-state index contributed by atoms with van der Waals surface area (Å²) in [6, 6.07) is 9.48. The summed E-state index contributed by atoms with van der Waals surface area (Å²) >= 11 is 12.0. The van der Waals surface area contributed by atoms with Crippen LogP contribution in [0, 0.1) is 0 Å². The van der Waals surface area contributed by atoms with Crippen LogP contribution in [0.4, 0.5) is 0 Å². The highest BCUT2D eigenvalue weighted by Crippen LogP contribution is 2.29. The van der Waals surface area contributed by atoms with E-state index in [1.165, 1.54) is 0 Å². The fraction of sp³-hybridized carbons (Fsp3) is 0.333. The third kappa shape index (κ3) is 3.18. The Morgan fingerprint density at radius 3 is 2.55 bits per heavy atom. The molecule has 1 fully saturated rings. The maximum Gasteiger partial charge on any atom is 0.134 e. The number of rotatable bonds is 3. The molecule has 1 aromatic carbocycles. The van der Waals surface area contributed by atoms with E-state index in [-0.39, 0.29) is 0 Å². The zero-order valence-electron chi connectivity index (χ0n) is 10.9. The second-order valence-electron chi connectivity index (χ2n) is 4.78. The Morgan fingerprint density at radius 1 is 1.00 bits per heavy atom. The number of benzene rings is 1. The van der Waals surface area contributed by atoms with E-state index in [1.807, 2.05) is 24.3 Å². The molecule has 0 spiro atoms. The largest absolute Gasteiger partial charge is 0.460 e. The van der Waals surface area contributed by atoms with Gasteiger partial charge in [0.15, 0.2) is 0 Å². The first-order valence-corrected chi connectivity index (χ1v) is 7.32. The van der Waals surface area contributed by atoms with Crippen LogP contribution < -0.4 is 0 Å². The Kier molecular flexibility index (Phi) is 4.32. The lowest BCUT2D eigenvalue weighted by molar-refractivity contribution is 0.0314. The van der Waals surface area contributed by atoms with Gasteiger partial charge in [-0.1, -0.05) is 23.2 Å². The van der Waals surface area contributed by atoms with E-state index in [0.717, 1.165) is 49.9 Å². The normalized spacial score (nSPS) is 16.5. The fourth-order valence-electron chi connectivity index (χ4n) is 2.25. The Hall–Kier alpha value is -1.00.